The molecule has 1 aliphatic rings. The normalized spacial score (nSPS) is 14.5. The zero-order valence-electron chi connectivity index (χ0n) is 18.1. The van der Waals surface area contributed by atoms with Gasteiger partial charge in [-0.3, -0.25) is 9.59 Å². The van der Waals surface area contributed by atoms with Crippen LogP contribution in [0.25, 0.3) is 11.0 Å². The zero-order valence-corrected chi connectivity index (χ0v) is 18.1. The van der Waals surface area contributed by atoms with Crippen molar-refractivity contribution in [2.45, 2.75) is 52.0 Å². The van der Waals surface area contributed by atoms with Crippen molar-refractivity contribution in [1.82, 2.24) is 14.9 Å². The summed E-state index contributed by atoms with van der Waals surface area (Å²) >= 11 is 0. The minimum absolute atomic E-state index is 0.0926. The number of fused-ring (bicyclic) bond motifs is 1. The average molecular weight is 419 g/mol. The Bertz CT molecular complexity index is 1070. The van der Waals surface area contributed by atoms with Crippen molar-refractivity contribution in [2.75, 3.05) is 11.9 Å². The molecule has 6 heteroatoms. The molecule has 0 aliphatic heterocycles. The van der Waals surface area contributed by atoms with E-state index in [4.69, 9.17) is 4.98 Å². The van der Waals surface area contributed by atoms with Crippen molar-refractivity contribution in [3.63, 3.8) is 0 Å². The van der Waals surface area contributed by atoms with Crippen molar-refractivity contribution in [3.05, 3.63) is 59.9 Å². The number of hydrogen-bond donors (Lipinski definition) is 2. The third-order valence-corrected chi connectivity index (χ3v) is 6.08. The highest BCUT2D eigenvalue weighted by Crippen LogP contribution is 2.23. The Balaban J connectivity index is 1.44. The lowest BCUT2D eigenvalue weighted by molar-refractivity contribution is -0.125. The number of carbonyl (C=O) groups excluding carboxylic acids is 2. The van der Waals surface area contributed by atoms with E-state index in [0.717, 1.165) is 53.8 Å². The minimum Gasteiger partial charge on any atom is -0.355 e. The Morgan fingerprint density at radius 3 is 2.58 bits per heavy atom. The van der Waals surface area contributed by atoms with Gasteiger partial charge in [-0.05, 0) is 43.5 Å². The van der Waals surface area contributed by atoms with E-state index >= 15 is 0 Å². The molecule has 1 saturated carbocycles. The number of nitrogens with one attached hydrogen (secondary N) is 2. The maximum Gasteiger partial charge on any atom is 0.244 e. The molecule has 1 heterocycles. The van der Waals surface area contributed by atoms with Crippen LogP contribution in [0, 0.1) is 12.8 Å². The van der Waals surface area contributed by atoms with Crippen LogP contribution in [0.5, 0.6) is 0 Å². The van der Waals surface area contributed by atoms with Gasteiger partial charge in [0.05, 0.1) is 11.0 Å². The number of imidazole rings is 1. The summed E-state index contributed by atoms with van der Waals surface area (Å²) in [5.41, 5.74) is 3.63. The van der Waals surface area contributed by atoms with E-state index in [2.05, 4.69) is 10.6 Å². The Labute approximate surface area is 183 Å². The van der Waals surface area contributed by atoms with Gasteiger partial charge < -0.3 is 15.2 Å². The van der Waals surface area contributed by atoms with Gasteiger partial charge in [0.15, 0.2) is 0 Å². The molecular weight excluding hydrogens is 388 g/mol. The fraction of sp³-hybridized carbons (Fsp3) is 0.400. The number of benzene rings is 2. The maximum absolute atomic E-state index is 12.8. The Morgan fingerprint density at radius 2 is 1.77 bits per heavy atom. The van der Waals surface area contributed by atoms with Crippen LogP contribution in [0.2, 0.25) is 0 Å². The molecule has 31 heavy (non-hydrogen) atoms. The van der Waals surface area contributed by atoms with Gasteiger partial charge in [0.2, 0.25) is 11.8 Å². The molecule has 1 fully saturated rings. The first kappa shape index (κ1) is 21.1. The maximum atomic E-state index is 12.8. The van der Waals surface area contributed by atoms with Crippen molar-refractivity contribution in [3.8, 4) is 0 Å². The summed E-state index contributed by atoms with van der Waals surface area (Å²) in [4.78, 5) is 30.0. The van der Waals surface area contributed by atoms with E-state index in [9.17, 15) is 9.59 Å². The highest BCUT2D eigenvalue weighted by atomic mass is 16.2. The van der Waals surface area contributed by atoms with Crippen LogP contribution >= 0.6 is 0 Å². The molecule has 3 aromatic rings. The molecule has 1 aliphatic carbocycles. The van der Waals surface area contributed by atoms with Crippen LogP contribution in [0.15, 0.2) is 48.5 Å². The molecule has 2 amide bonds. The number of amides is 2. The summed E-state index contributed by atoms with van der Waals surface area (Å²) in [5, 5.41) is 6.08. The quantitative estimate of drug-likeness (QED) is 0.603. The van der Waals surface area contributed by atoms with E-state index < -0.39 is 0 Å². The molecule has 0 radical (unpaired) electrons. The van der Waals surface area contributed by atoms with Crippen molar-refractivity contribution < 1.29 is 9.59 Å². The van der Waals surface area contributed by atoms with E-state index in [1.54, 1.807) is 0 Å². The van der Waals surface area contributed by atoms with Gasteiger partial charge >= 0.3 is 0 Å². The second kappa shape index (κ2) is 9.77. The summed E-state index contributed by atoms with van der Waals surface area (Å²) in [6.07, 6.45) is 6.09. The second-order valence-corrected chi connectivity index (χ2v) is 8.34. The van der Waals surface area contributed by atoms with Crippen molar-refractivity contribution in [1.29, 1.82) is 0 Å². The third kappa shape index (κ3) is 5.13. The SMILES string of the molecule is Cc1ccccc1NC(=O)Cn1c(CCNC(=O)C2CCCCC2)nc2ccccc21. The lowest BCUT2D eigenvalue weighted by Crippen LogP contribution is -2.33. The number of para-hydroxylation sites is 3. The predicted octanol–water partition coefficient (Wildman–Crippen LogP) is 4.22. The molecular formula is C25H30N4O2. The smallest absolute Gasteiger partial charge is 0.244 e. The number of anilines is 1. The van der Waals surface area contributed by atoms with Crippen LogP contribution < -0.4 is 10.6 Å². The second-order valence-electron chi connectivity index (χ2n) is 8.34. The summed E-state index contributed by atoms with van der Waals surface area (Å²) < 4.78 is 1.95. The zero-order chi connectivity index (χ0) is 21.6. The molecule has 2 N–H and O–H groups in total. The van der Waals surface area contributed by atoms with Crippen molar-refractivity contribution in [2.24, 2.45) is 5.92 Å². The van der Waals surface area contributed by atoms with Gasteiger partial charge in [0.25, 0.3) is 0 Å². The van der Waals surface area contributed by atoms with Gasteiger partial charge in [-0.25, -0.2) is 4.98 Å². The first-order valence-corrected chi connectivity index (χ1v) is 11.2. The molecule has 0 atom stereocenters. The monoisotopic (exact) mass is 418 g/mol. The topological polar surface area (TPSA) is 76.0 Å². The van der Waals surface area contributed by atoms with Crippen LogP contribution in [-0.4, -0.2) is 27.9 Å². The molecule has 0 saturated heterocycles. The molecule has 162 valence electrons. The first-order chi connectivity index (χ1) is 15.1. The number of nitrogens with zero attached hydrogens (tertiary/aromatic N) is 2. The van der Waals surface area contributed by atoms with Crippen LogP contribution in [0.1, 0.15) is 43.5 Å². The van der Waals surface area contributed by atoms with Crippen LogP contribution in [-0.2, 0) is 22.6 Å². The largest absolute Gasteiger partial charge is 0.355 e. The summed E-state index contributed by atoms with van der Waals surface area (Å²) in [6.45, 7) is 2.68. The standard InChI is InChI=1S/C25H30N4O2/c1-18-9-5-6-12-20(18)28-24(30)17-29-22-14-8-7-13-21(22)27-23(29)15-16-26-25(31)19-10-3-2-4-11-19/h5-9,12-14,19H,2-4,10-11,15-17H2,1H3,(H,26,31)(H,28,30). The number of aromatic nitrogens is 2. The lowest BCUT2D eigenvalue weighted by atomic mass is 9.89. The first-order valence-electron chi connectivity index (χ1n) is 11.2. The van der Waals surface area contributed by atoms with E-state index in [-0.39, 0.29) is 24.3 Å². The molecule has 4 rings (SSSR count). The van der Waals surface area contributed by atoms with Crippen LogP contribution in [0.3, 0.4) is 0 Å². The van der Waals surface area contributed by atoms with Gasteiger partial charge in [0.1, 0.15) is 12.4 Å². The summed E-state index contributed by atoms with van der Waals surface area (Å²) in [5.74, 6) is 1.02. The number of hydrogen-bond acceptors (Lipinski definition) is 3. The highest BCUT2D eigenvalue weighted by Gasteiger charge is 2.21. The Kier molecular flexibility index (Phi) is 6.65. The van der Waals surface area contributed by atoms with Crippen molar-refractivity contribution >= 4 is 28.5 Å². The Hall–Kier alpha value is -3.15. The highest BCUT2D eigenvalue weighted by molar-refractivity contribution is 5.92. The van der Waals surface area contributed by atoms with Gasteiger partial charge in [-0.15, -0.1) is 0 Å². The van der Waals surface area contributed by atoms with Gasteiger partial charge in [-0.2, -0.15) is 0 Å². The lowest BCUT2D eigenvalue weighted by Gasteiger charge is -2.20. The van der Waals surface area contributed by atoms with E-state index in [0.29, 0.717) is 13.0 Å². The summed E-state index contributed by atoms with van der Waals surface area (Å²) in [7, 11) is 0. The third-order valence-electron chi connectivity index (χ3n) is 6.08. The fourth-order valence-electron chi connectivity index (χ4n) is 4.35. The van der Waals surface area contributed by atoms with Gasteiger partial charge in [0, 0.05) is 24.6 Å². The number of carbonyl (C=O) groups is 2. The average Bonchev–Trinajstić information content (AvgIpc) is 3.13. The molecule has 0 spiro atoms. The molecule has 2 aromatic carbocycles. The summed E-state index contributed by atoms with van der Waals surface area (Å²) in [6, 6.07) is 15.6. The van der Waals surface area contributed by atoms with E-state index in [1.165, 1.54) is 6.42 Å². The number of rotatable bonds is 7. The van der Waals surface area contributed by atoms with Gasteiger partial charge in [-0.1, -0.05) is 49.6 Å². The molecule has 1 aromatic heterocycles. The minimum atomic E-state index is -0.0926. The molecule has 0 unspecified atom stereocenters. The fourth-order valence-corrected chi connectivity index (χ4v) is 4.35. The van der Waals surface area contributed by atoms with Crippen LogP contribution in [0.4, 0.5) is 5.69 Å². The molecule has 6 nitrogen and oxygen atoms in total. The number of aryl methyl sites for hydroxylation is 1. The molecule has 0 bridgehead atoms. The predicted molar refractivity (Wildman–Crippen MR) is 123 cm³/mol. The Morgan fingerprint density at radius 1 is 1.03 bits per heavy atom. The van der Waals surface area contributed by atoms with E-state index in [1.807, 2.05) is 60.0 Å².